The Morgan fingerprint density at radius 1 is 1.14 bits per heavy atom. The van der Waals surface area contributed by atoms with Gasteiger partial charge in [0.1, 0.15) is 5.82 Å². The zero-order valence-corrected chi connectivity index (χ0v) is 12.8. The SMILES string of the molecule is CC(Nc1ccc(F)c(Br)c1)c1ccc2[nH]c(=O)[nH]c2c1. The first-order valence-corrected chi connectivity index (χ1v) is 7.26. The minimum absolute atomic E-state index is 0.0187. The molecule has 6 heteroatoms. The largest absolute Gasteiger partial charge is 0.378 e. The van der Waals surface area contributed by atoms with Crippen molar-refractivity contribution < 1.29 is 4.39 Å². The third kappa shape index (κ3) is 2.85. The van der Waals surface area contributed by atoms with E-state index in [0.29, 0.717) is 4.47 Å². The van der Waals surface area contributed by atoms with Gasteiger partial charge in [0.25, 0.3) is 0 Å². The van der Waals surface area contributed by atoms with E-state index in [1.807, 2.05) is 25.1 Å². The van der Waals surface area contributed by atoms with Gasteiger partial charge < -0.3 is 15.3 Å². The first kappa shape index (κ1) is 13.9. The number of hydrogen-bond acceptors (Lipinski definition) is 2. The van der Waals surface area contributed by atoms with Crippen LogP contribution in [0.25, 0.3) is 11.0 Å². The summed E-state index contributed by atoms with van der Waals surface area (Å²) >= 11 is 3.17. The summed E-state index contributed by atoms with van der Waals surface area (Å²) in [5.74, 6) is -0.292. The van der Waals surface area contributed by atoms with Gasteiger partial charge in [-0.1, -0.05) is 6.07 Å². The lowest BCUT2D eigenvalue weighted by molar-refractivity contribution is 0.621. The van der Waals surface area contributed by atoms with Gasteiger partial charge in [-0.25, -0.2) is 9.18 Å². The fourth-order valence-corrected chi connectivity index (χ4v) is 2.62. The van der Waals surface area contributed by atoms with Gasteiger partial charge in [0.15, 0.2) is 0 Å². The summed E-state index contributed by atoms with van der Waals surface area (Å²) in [5, 5.41) is 3.30. The molecule has 0 aliphatic rings. The van der Waals surface area contributed by atoms with E-state index in [-0.39, 0.29) is 17.5 Å². The van der Waals surface area contributed by atoms with Gasteiger partial charge in [0.2, 0.25) is 0 Å². The number of imidazole rings is 1. The van der Waals surface area contributed by atoms with Crippen molar-refractivity contribution >= 4 is 32.7 Å². The lowest BCUT2D eigenvalue weighted by atomic mass is 10.1. The molecule has 1 aromatic heterocycles. The fraction of sp³-hybridized carbons (Fsp3) is 0.133. The molecule has 21 heavy (non-hydrogen) atoms. The summed E-state index contributed by atoms with van der Waals surface area (Å²) in [6.45, 7) is 2.00. The molecule has 1 unspecified atom stereocenters. The van der Waals surface area contributed by atoms with Crippen molar-refractivity contribution in [3.05, 3.63) is 62.7 Å². The monoisotopic (exact) mass is 349 g/mol. The number of nitrogens with one attached hydrogen (secondary N) is 3. The molecule has 0 amide bonds. The maximum absolute atomic E-state index is 13.2. The zero-order valence-electron chi connectivity index (χ0n) is 11.2. The summed E-state index contributed by atoms with van der Waals surface area (Å²) < 4.78 is 13.6. The highest BCUT2D eigenvalue weighted by Crippen LogP contribution is 2.25. The number of aromatic nitrogens is 2. The predicted octanol–water partition coefficient (Wildman–Crippen LogP) is 3.93. The molecule has 0 radical (unpaired) electrons. The Kier molecular flexibility index (Phi) is 3.55. The second-order valence-corrected chi connectivity index (χ2v) is 5.73. The van der Waals surface area contributed by atoms with Crippen molar-refractivity contribution in [1.29, 1.82) is 0 Å². The number of rotatable bonds is 3. The van der Waals surface area contributed by atoms with Crippen LogP contribution in [0.3, 0.4) is 0 Å². The lowest BCUT2D eigenvalue weighted by Gasteiger charge is -2.16. The van der Waals surface area contributed by atoms with Gasteiger partial charge in [-0.15, -0.1) is 0 Å². The number of benzene rings is 2. The topological polar surface area (TPSA) is 60.7 Å². The molecule has 3 rings (SSSR count). The predicted molar refractivity (Wildman–Crippen MR) is 85.1 cm³/mol. The van der Waals surface area contributed by atoms with Crippen LogP contribution in [-0.4, -0.2) is 9.97 Å². The zero-order chi connectivity index (χ0) is 15.0. The highest BCUT2D eigenvalue weighted by molar-refractivity contribution is 9.10. The highest BCUT2D eigenvalue weighted by Gasteiger charge is 2.08. The Morgan fingerprint density at radius 2 is 1.90 bits per heavy atom. The summed E-state index contributed by atoms with van der Waals surface area (Å²) in [6, 6.07) is 10.5. The van der Waals surface area contributed by atoms with E-state index in [0.717, 1.165) is 22.3 Å². The first-order valence-electron chi connectivity index (χ1n) is 6.46. The van der Waals surface area contributed by atoms with Crippen LogP contribution in [-0.2, 0) is 0 Å². The smallest absolute Gasteiger partial charge is 0.323 e. The molecule has 0 spiro atoms. The quantitative estimate of drug-likeness (QED) is 0.670. The Balaban J connectivity index is 1.87. The van der Waals surface area contributed by atoms with E-state index in [1.54, 1.807) is 12.1 Å². The molecule has 0 saturated carbocycles. The Hall–Kier alpha value is -2.08. The van der Waals surface area contributed by atoms with Crippen LogP contribution >= 0.6 is 15.9 Å². The number of H-pyrrole nitrogens is 2. The maximum atomic E-state index is 13.2. The molecule has 4 nitrogen and oxygen atoms in total. The Morgan fingerprint density at radius 3 is 2.67 bits per heavy atom. The van der Waals surface area contributed by atoms with Crippen molar-refractivity contribution in [3.63, 3.8) is 0 Å². The average molecular weight is 350 g/mol. The summed E-state index contributed by atoms with van der Waals surface area (Å²) in [4.78, 5) is 16.7. The normalized spacial score (nSPS) is 12.5. The molecule has 108 valence electrons. The van der Waals surface area contributed by atoms with Crippen molar-refractivity contribution in [3.8, 4) is 0 Å². The lowest BCUT2D eigenvalue weighted by Crippen LogP contribution is -2.06. The molecule has 1 atom stereocenters. The van der Waals surface area contributed by atoms with Gasteiger partial charge in [0, 0.05) is 11.7 Å². The molecule has 0 bridgehead atoms. The van der Waals surface area contributed by atoms with E-state index in [9.17, 15) is 9.18 Å². The van der Waals surface area contributed by atoms with Gasteiger partial charge in [-0.05, 0) is 58.7 Å². The van der Waals surface area contributed by atoms with Crippen LogP contribution in [0.1, 0.15) is 18.5 Å². The third-order valence-electron chi connectivity index (χ3n) is 3.34. The van der Waals surface area contributed by atoms with Gasteiger partial charge >= 0.3 is 5.69 Å². The van der Waals surface area contributed by atoms with Gasteiger partial charge in [-0.2, -0.15) is 0 Å². The molecule has 0 saturated heterocycles. The molecule has 0 aliphatic heterocycles. The Labute approximate surface area is 128 Å². The van der Waals surface area contributed by atoms with Crippen molar-refractivity contribution in [2.45, 2.75) is 13.0 Å². The van der Waals surface area contributed by atoms with Crippen molar-refractivity contribution in [1.82, 2.24) is 9.97 Å². The van der Waals surface area contributed by atoms with Gasteiger partial charge in [0.05, 0.1) is 15.5 Å². The van der Waals surface area contributed by atoms with E-state index in [4.69, 9.17) is 0 Å². The molecule has 0 fully saturated rings. The van der Waals surface area contributed by atoms with Crippen LogP contribution in [0.4, 0.5) is 10.1 Å². The Bertz CT molecular complexity index is 855. The van der Waals surface area contributed by atoms with Crippen LogP contribution in [0, 0.1) is 5.82 Å². The molecule has 1 heterocycles. The van der Waals surface area contributed by atoms with Crippen LogP contribution in [0.2, 0.25) is 0 Å². The number of hydrogen-bond donors (Lipinski definition) is 3. The minimum atomic E-state index is -0.292. The number of halogens is 2. The number of aromatic amines is 2. The second-order valence-electron chi connectivity index (χ2n) is 4.88. The van der Waals surface area contributed by atoms with Crippen LogP contribution < -0.4 is 11.0 Å². The van der Waals surface area contributed by atoms with E-state index in [1.165, 1.54) is 6.07 Å². The third-order valence-corrected chi connectivity index (χ3v) is 3.95. The van der Waals surface area contributed by atoms with E-state index >= 15 is 0 Å². The minimum Gasteiger partial charge on any atom is -0.378 e. The van der Waals surface area contributed by atoms with Crippen LogP contribution in [0.5, 0.6) is 0 Å². The van der Waals surface area contributed by atoms with Crippen molar-refractivity contribution in [2.24, 2.45) is 0 Å². The molecule has 2 aromatic carbocycles. The standard InChI is InChI=1S/C15H13BrFN3O/c1-8(18-10-3-4-12(17)11(16)7-10)9-2-5-13-14(6-9)20-15(21)19-13/h2-8,18H,1H3,(H2,19,20,21). The summed E-state index contributed by atoms with van der Waals surface area (Å²) in [6.07, 6.45) is 0. The van der Waals surface area contributed by atoms with E-state index < -0.39 is 0 Å². The van der Waals surface area contributed by atoms with Crippen LogP contribution in [0.15, 0.2) is 45.7 Å². The number of fused-ring (bicyclic) bond motifs is 1. The van der Waals surface area contributed by atoms with Gasteiger partial charge in [-0.3, -0.25) is 0 Å². The van der Waals surface area contributed by atoms with Crippen molar-refractivity contribution in [2.75, 3.05) is 5.32 Å². The average Bonchev–Trinajstić information content (AvgIpc) is 2.82. The molecule has 3 N–H and O–H groups in total. The molecule has 0 aliphatic carbocycles. The molecular formula is C15H13BrFN3O. The summed E-state index contributed by atoms with van der Waals surface area (Å²) in [5.41, 5.74) is 3.17. The highest BCUT2D eigenvalue weighted by atomic mass is 79.9. The molecular weight excluding hydrogens is 337 g/mol. The molecule has 3 aromatic rings. The maximum Gasteiger partial charge on any atom is 0.323 e. The van der Waals surface area contributed by atoms with E-state index in [2.05, 4.69) is 31.2 Å². The number of anilines is 1. The first-order chi connectivity index (χ1) is 10.0. The second kappa shape index (κ2) is 5.37. The summed E-state index contributed by atoms with van der Waals surface area (Å²) in [7, 11) is 0. The fourth-order valence-electron chi connectivity index (χ4n) is 2.24.